The quantitative estimate of drug-likeness (QED) is 0.653. The summed E-state index contributed by atoms with van der Waals surface area (Å²) in [5.41, 5.74) is 0.666. The second-order valence-corrected chi connectivity index (χ2v) is 5.81. The lowest BCUT2D eigenvalue weighted by atomic mass is 10.1. The molecule has 0 fully saturated rings. The number of aromatic nitrogens is 2. The minimum atomic E-state index is -0.537. The number of hydrogen-bond donors (Lipinski definition) is 1. The van der Waals surface area contributed by atoms with E-state index in [4.69, 9.17) is 0 Å². The molecule has 21 heavy (non-hydrogen) atoms. The smallest absolute Gasteiger partial charge is 0.358 e. The van der Waals surface area contributed by atoms with Gasteiger partial charge in [-0.05, 0) is 23.3 Å². The highest BCUT2D eigenvalue weighted by molar-refractivity contribution is 7.09. The first-order chi connectivity index (χ1) is 9.97. The van der Waals surface area contributed by atoms with E-state index in [1.807, 2.05) is 17.5 Å². The van der Waals surface area contributed by atoms with Crippen LogP contribution in [0.5, 0.6) is 0 Å². The molecule has 8 heteroatoms. The molecule has 2 aromatic rings. The fraction of sp³-hybridized carbons (Fsp3) is 0.385. The van der Waals surface area contributed by atoms with E-state index in [-0.39, 0.29) is 17.6 Å². The van der Waals surface area contributed by atoms with Crippen LogP contribution < -0.4 is 5.32 Å². The molecule has 0 saturated carbocycles. The molecule has 7 nitrogen and oxygen atoms in total. The second-order valence-electron chi connectivity index (χ2n) is 4.78. The molecule has 1 amide bonds. The highest BCUT2D eigenvalue weighted by Crippen LogP contribution is 2.13. The monoisotopic (exact) mass is 308 g/mol. The third-order valence-corrected chi connectivity index (χ3v) is 3.94. The summed E-state index contributed by atoms with van der Waals surface area (Å²) in [7, 11) is 0. The van der Waals surface area contributed by atoms with Gasteiger partial charge in [0.25, 0.3) is 0 Å². The van der Waals surface area contributed by atoms with Crippen molar-refractivity contribution in [3.8, 4) is 0 Å². The van der Waals surface area contributed by atoms with Gasteiger partial charge in [0.15, 0.2) is 0 Å². The zero-order chi connectivity index (χ0) is 15.4. The van der Waals surface area contributed by atoms with E-state index >= 15 is 0 Å². The SMILES string of the molecule is Cc1cc([N+](=O)[O-])nn1CC(C)C(=O)NCc1cccs1. The summed E-state index contributed by atoms with van der Waals surface area (Å²) in [5, 5.41) is 19.4. The van der Waals surface area contributed by atoms with Gasteiger partial charge in [0.05, 0.1) is 35.9 Å². The first-order valence-corrected chi connectivity index (χ1v) is 7.34. The number of nitrogens with zero attached hydrogens (tertiary/aromatic N) is 3. The first-order valence-electron chi connectivity index (χ1n) is 6.46. The van der Waals surface area contributed by atoms with Crippen LogP contribution in [-0.2, 0) is 17.9 Å². The van der Waals surface area contributed by atoms with Gasteiger partial charge in [0, 0.05) is 4.88 Å². The van der Waals surface area contributed by atoms with Gasteiger partial charge in [-0.25, -0.2) is 0 Å². The fourth-order valence-electron chi connectivity index (χ4n) is 1.87. The normalized spacial score (nSPS) is 12.1. The average molecular weight is 308 g/mol. The number of rotatable bonds is 6. The summed E-state index contributed by atoms with van der Waals surface area (Å²) in [6.45, 7) is 4.32. The molecule has 2 aromatic heterocycles. The van der Waals surface area contributed by atoms with E-state index in [9.17, 15) is 14.9 Å². The number of carbonyl (C=O) groups excluding carboxylic acids is 1. The van der Waals surface area contributed by atoms with Gasteiger partial charge in [-0.15, -0.1) is 11.3 Å². The van der Waals surface area contributed by atoms with Crippen LogP contribution >= 0.6 is 11.3 Å². The largest absolute Gasteiger partial charge is 0.390 e. The molecule has 0 bridgehead atoms. The number of nitro groups is 1. The Morgan fingerprint density at radius 1 is 1.62 bits per heavy atom. The molecule has 2 heterocycles. The van der Waals surface area contributed by atoms with Gasteiger partial charge >= 0.3 is 5.82 Å². The Morgan fingerprint density at radius 3 is 2.95 bits per heavy atom. The molecule has 0 aliphatic rings. The Balaban J connectivity index is 1.92. The lowest BCUT2D eigenvalue weighted by molar-refractivity contribution is -0.389. The Morgan fingerprint density at radius 2 is 2.38 bits per heavy atom. The number of carbonyl (C=O) groups is 1. The number of hydrogen-bond acceptors (Lipinski definition) is 5. The second kappa shape index (κ2) is 6.49. The minimum absolute atomic E-state index is 0.0963. The van der Waals surface area contributed by atoms with E-state index < -0.39 is 4.92 Å². The first kappa shape index (κ1) is 15.2. The van der Waals surface area contributed by atoms with Gasteiger partial charge in [-0.3, -0.25) is 4.79 Å². The van der Waals surface area contributed by atoms with Crippen LogP contribution in [0.4, 0.5) is 5.82 Å². The van der Waals surface area contributed by atoms with Crippen molar-refractivity contribution < 1.29 is 9.72 Å². The molecule has 0 aliphatic carbocycles. The number of nitrogens with one attached hydrogen (secondary N) is 1. The van der Waals surface area contributed by atoms with Crippen molar-refractivity contribution in [2.75, 3.05) is 0 Å². The molecule has 2 rings (SSSR count). The maximum absolute atomic E-state index is 12.0. The molecule has 1 N–H and O–H groups in total. The summed E-state index contributed by atoms with van der Waals surface area (Å²) >= 11 is 1.58. The molecular weight excluding hydrogens is 292 g/mol. The van der Waals surface area contributed by atoms with Gasteiger partial charge in [0.2, 0.25) is 5.91 Å². The average Bonchev–Trinajstić information content (AvgIpc) is 3.06. The fourth-order valence-corrected chi connectivity index (χ4v) is 2.52. The van der Waals surface area contributed by atoms with Crippen molar-refractivity contribution in [3.63, 3.8) is 0 Å². The van der Waals surface area contributed by atoms with Crippen LogP contribution in [0.1, 0.15) is 17.5 Å². The Hall–Kier alpha value is -2.22. The lowest BCUT2D eigenvalue weighted by Crippen LogP contribution is -2.31. The number of aryl methyl sites for hydroxylation is 1. The highest BCUT2D eigenvalue weighted by atomic mass is 32.1. The summed E-state index contributed by atoms with van der Waals surface area (Å²) in [4.78, 5) is 23.2. The van der Waals surface area contributed by atoms with Gasteiger partial charge in [-0.2, -0.15) is 4.68 Å². The summed E-state index contributed by atoms with van der Waals surface area (Å²) in [5.74, 6) is -0.609. The maximum Gasteiger partial charge on any atom is 0.390 e. The van der Waals surface area contributed by atoms with Crippen LogP contribution in [-0.4, -0.2) is 20.6 Å². The van der Waals surface area contributed by atoms with Crippen molar-refractivity contribution in [3.05, 3.63) is 44.3 Å². The summed E-state index contributed by atoms with van der Waals surface area (Å²) in [6.07, 6.45) is 0. The van der Waals surface area contributed by atoms with Crippen LogP contribution in [0, 0.1) is 23.0 Å². The Labute approximate surface area is 125 Å². The lowest BCUT2D eigenvalue weighted by Gasteiger charge is -2.10. The third-order valence-electron chi connectivity index (χ3n) is 3.07. The molecule has 0 radical (unpaired) electrons. The minimum Gasteiger partial charge on any atom is -0.358 e. The van der Waals surface area contributed by atoms with E-state index in [1.54, 1.807) is 25.2 Å². The molecule has 0 spiro atoms. The molecule has 0 aromatic carbocycles. The molecular formula is C13H16N4O3S. The molecule has 112 valence electrons. The molecule has 1 atom stereocenters. The van der Waals surface area contributed by atoms with E-state index in [2.05, 4.69) is 10.4 Å². The number of thiophene rings is 1. The van der Waals surface area contributed by atoms with Crippen molar-refractivity contribution in [1.29, 1.82) is 0 Å². The van der Waals surface area contributed by atoms with Crippen molar-refractivity contribution in [2.24, 2.45) is 5.92 Å². The van der Waals surface area contributed by atoms with E-state index in [0.717, 1.165) is 4.88 Å². The summed E-state index contributed by atoms with van der Waals surface area (Å²) in [6, 6.07) is 5.29. The zero-order valence-corrected chi connectivity index (χ0v) is 12.6. The van der Waals surface area contributed by atoms with Gasteiger partial charge < -0.3 is 15.4 Å². The third kappa shape index (κ3) is 3.88. The molecule has 1 unspecified atom stereocenters. The number of amides is 1. The van der Waals surface area contributed by atoms with Crippen LogP contribution in [0.15, 0.2) is 23.6 Å². The van der Waals surface area contributed by atoms with E-state index in [0.29, 0.717) is 18.8 Å². The van der Waals surface area contributed by atoms with Gasteiger partial charge in [0.1, 0.15) is 0 Å². The Kier molecular flexibility index (Phi) is 4.69. The van der Waals surface area contributed by atoms with Crippen molar-refractivity contribution >= 4 is 23.1 Å². The molecule has 0 aliphatic heterocycles. The van der Waals surface area contributed by atoms with Crippen LogP contribution in [0.25, 0.3) is 0 Å². The standard InChI is InChI=1S/C13H16N4O3S/c1-9(13(18)14-7-11-4-3-5-21-11)8-16-10(2)6-12(15-16)17(19)20/h3-6,9H,7-8H2,1-2H3,(H,14,18). The maximum atomic E-state index is 12.0. The predicted octanol–water partition coefficient (Wildman–Crippen LogP) is 2.11. The summed E-state index contributed by atoms with van der Waals surface area (Å²) < 4.78 is 1.49. The van der Waals surface area contributed by atoms with Gasteiger partial charge in [-0.1, -0.05) is 13.0 Å². The van der Waals surface area contributed by atoms with Crippen LogP contribution in [0.3, 0.4) is 0 Å². The highest BCUT2D eigenvalue weighted by Gasteiger charge is 2.20. The topological polar surface area (TPSA) is 90.1 Å². The van der Waals surface area contributed by atoms with Crippen molar-refractivity contribution in [2.45, 2.75) is 26.9 Å². The predicted molar refractivity (Wildman–Crippen MR) is 78.9 cm³/mol. The Bertz CT molecular complexity index is 636. The molecule has 0 saturated heterocycles. The van der Waals surface area contributed by atoms with Crippen LogP contribution in [0.2, 0.25) is 0 Å². The van der Waals surface area contributed by atoms with Crippen molar-refractivity contribution in [1.82, 2.24) is 15.1 Å². The zero-order valence-electron chi connectivity index (χ0n) is 11.8. The van der Waals surface area contributed by atoms with E-state index in [1.165, 1.54) is 10.7 Å².